The summed E-state index contributed by atoms with van der Waals surface area (Å²) in [4.78, 5) is 37.9. The predicted molar refractivity (Wildman–Crippen MR) is 109 cm³/mol. The molecule has 1 unspecified atom stereocenters. The Hall–Kier alpha value is -3.06. The average Bonchev–Trinajstić information content (AvgIpc) is 2.92. The van der Waals surface area contributed by atoms with Crippen LogP contribution in [0.1, 0.15) is 76.9 Å². The van der Waals surface area contributed by atoms with Gasteiger partial charge in [0.15, 0.2) is 0 Å². The van der Waals surface area contributed by atoms with Crippen molar-refractivity contribution in [1.29, 1.82) is 0 Å². The third-order valence-electron chi connectivity index (χ3n) is 5.21. The van der Waals surface area contributed by atoms with E-state index in [4.69, 9.17) is 0 Å². The van der Waals surface area contributed by atoms with Crippen LogP contribution in [0.25, 0.3) is 0 Å². The van der Waals surface area contributed by atoms with E-state index in [-0.39, 0.29) is 29.4 Å². The summed E-state index contributed by atoms with van der Waals surface area (Å²) in [6.45, 7) is 8.00. The van der Waals surface area contributed by atoms with Gasteiger partial charge in [0.2, 0.25) is 0 Å². The zero-order valence-corrected chi connectivity index (χ0v) is 16.9. The van der Waals surface area contributed by atoms with Crippen molar-refractivity contribution in [2.45, 2.75) is 52.2 Å². The summed E-state index contributed by atoms with van der Waals surface area (Å²) in [5.74, 6) is -0.781. The minimum Gasteiger partial charge on any atom is -0.333 e. The second-order valence-electron chi connectivity index (χ2n) is 7.85. The number of hydrogen-bond donors (Lipinski definition) is 1. The van der Waals surface area contributed by atoms with E-state index < -0.39 is 23.0 Å². The van der Waals surface area contributed by atoms with E-state index in [2.05, 4.69) is 0 Å². The monoisotopic (exact) mass is 396 g/mol. The Morgan fingerprint density at radius 1 is 0.966 bits per heavy atom. The van der Waals surface area contributed by atoms with Gasteiger partial charge in [-0.1, -0.05) is 58.0 Å². The van der Waals surface area contributed by atoms with E-state index >= 15 is 0 Å². The van der Waals surface area contributed by atoms with Gasteiger partial charge in [-0.15, -0.1) is 0 Å². The fourth-order valence-corrected chi connectivity index (χ4v) is 3.77. The minimum atomic E-state index is -1.84. The van der Waals surface area contributed by atoms with Gasteiger partial charge in [0.1, 0.15) is 0 Å². The molecule has 0 saturated carbocycles. The summed E-state index contributed by atoms with van der Waals surface area (Å²) in [5.41, 5.74) is 2.99. The summed E-state index contributed by atoms with van der Waals surface area (Å²) in [6, 6.07) is 10.4. The van der Waals surface area contributed by atoms with Gasteiger partial charge in [-0.2, -0.15) is 0 Å². The molecule has 1 heterocycles. The fraction of sp³-hybridized carbons (Fsp3) is 0.364. The number of aliphatic hydroxyl groups excluding tert-OH is 1. The molecule has 0 fully saturated rings. The van der Waals surface area contributed by atoms with Gasteiger partial charge >= 0.3 is 6.23 Å². The highest BCUT2D eigenvalue weighted by Gasteiger charge is 2.41. The predicted octanol–water partition coefficient (Wildman–Crippen LogP) is 3.87. The molecule has 2 aromatic carbocycles. The molecule has 7 heteroatoms. The van der Waals surface area contributed by atoms with Crippen LogP contribution < -0.4 is 4.90 Å². The Balaban J connectivity index is 2.17. The molecule has 1 atom stereocenters. The first-order valence-corrected chi connectivity index (χ1v) is 9.60. The number of amides is 2. The smallest absolute Gasteiger partial charge is 0.317 e. The van der Waals surface area contributed by atoms with Gasteiger partial charge in [-0.3, -0.25) is 19.7 Å². The van der Waals surface area contributed by atoms with Gasteiger partial charge in [0.05, 0.1) is 28.2 Å². The van der Waals surface area contributed by atoms with Crippen LogP contribution in [-0.4, -0.2) is 28.1 Å². The highest BCUT2D eigenvalue weighted by atomic mass is 16.7. The highest BCUT2D eigenvalue weighted by molar-refractivity contribution is 6.35. The SMILES string of the molecule is CC(C)c1cccc(C(C)C)c1N1C(=O)c2cccc(CC(O)[N+](=O)[O-])c2C1=O. The van der Waals surface area contributed by atoms with Gasteiger partial charge < -0.3 is 5.11 Å². The largest absolute Gasteiger partial charge is 0.333 e. The molecule has 0 aliphatic carbocycles. The zero-order chi connectivity index (χ0) is 21.5. The molecule has 0 bridgehead atoms. The van der Waals surface area contributed by atoms with E-state index in [9.17, 15) is 24.8 Å². The highest BCUT2D eigenvalue weighted by Crippen LogP contribution is 2.40. The fourth-order valence-electron chi connectivity index (χ4n) is 3.77. The first-order valence-electron chi connectivity index (χ1n) is 9.60. The summed E-state index contributed by atoms with van der Waals surface area (Å²) in [6.07, 6.45) is -2.18. The van der Waals surface area contributed by atoms with Crippen molar-refractivity contribution in [1.82, 2.24) is 0 Å². The second kappa shape index (κ2) is 7.75. The third-order valence-corrected chi connectivity index (χ3v) is 5.21. The quantitative estimate of drug-likeness (QED) is 0.346. The van der Waals surface area contributed by atoms with Crippen LogP contribution in [0.5, 0.6) is 0 Å². The molecule has 2 aromatic rings. The number of nitro groups is 1. The summed E-state index contributed by atoms with van der Waals surface area (Å²) in [5, 5.41) is 20.5. The second-order valence-corrected chi connectivity index (χ2v) is 7.85. The molecule has 29 heavy (non-hydrogen) atoms. The lowest BCUT2D eigenvalue weighted by molar-refractivity contribution is -0.569. The molecule has 1 N–H and O–H groups in total. The standard InChI is InChI=1S/C22H24N2O5/c1-12(2)15-8-6-9-16(13(3)4)20(15)23-21(26)17-10-5-7-14(19(17)22(23)27)11-18(25)24(28)29/h5-10,12-13,18,25H,11H2,1-4H3. The number of anilines is 1. The number of imide groups is 1. The maximum absolute atomic E-state index is 13.4. The van der Waals surface area contributed by atoms with Crippen LogP contribution in [0.3, 0.4) is 0 Å². The molecule has 1 aliphatic heterocycles. The van der Waals surface area contributed by atoms with Gasteiger partial charge in [0, 0.05) is 0 Å². The Bertz CT molecular complexity index is 970. The Kier molecular flexibility index (Phi) is 5.53. The number of carbonyl (C=O) groups is 2. The van der Waals surface area contributed by atoms with Crippen molar-refractivity contribution in [3.05, 3.63) is 74.3 Å². The lowest BCUT2D eigenvalue weighted by Gasteiger charge is -2.25. The van der Waals surface area contributed by atoms with E-state index in [1.165, 1.54) is 11.0 Å². The van der Waals surface area contributed by atoms with Crippen molar-refractivity contribution in [2.75, 3.05) is 4.90 Å². The first kappa shape index (κ1) is 20.7. The van der Waals surface area contributed by atoms with E-state index in [0.29, 0.717) is 11.3 Å². The first-order chi connectivity index (χ1) is 13.6. The maximum atomic E-state index is 13.4. The van der Waals surface area contributed by atoms with E-state index in [1.807, 2.05) is 45.9 Å². The number of hydrogen-bond acceptors (Lipinski definition) is 5. The van der Waals surface area contributed by atoms with Crippen LogP contribution in [0.4, 0.5) is 5.69 Å². The topological polar surface area (TPSA) is 101 Å². The Morgan fingerprint density at radius 2 is 1.52 bits per heavy atom. The van der Waals surface area contributed by atoms with Crippen molar-refractivity contribution in [3.8, 4) is 0 Å². The van der Waals surface area contributed by atoms with Gasteiger partial charge in [-0.05, 0) is 34.6 Å². The molecule has 0 aromatic heterocycles. The molecule has 0 radical (unpaired) electrons. The molecule has 0 saturated heterocycles. The number of carbonyl (C=O) groups excluding carboxylic acids is 2. The van der Waals surface area contributed by atoms with Crippen LogP contribution in [0.15, 0.2) is 36.4 Å². The van der Waals surface area contributed by atoms with E-state index in [1.54, 1.807) is 12.1 Å². The van der Waals surface area contributed by atoms with Crippen LogP contribution in [0.2, 0.25) is 0 Å². The van der Waals surface area contributed by atoms with Crippen LogP contribution in [0, 0.1) is 10.1 Å². The number of benzene rings is 2. The summed E-state index contributed by atoms with van der Waals surface area (Å²) in [7, 11) is 0. The molecule has 2 amide bonds. The van der Waals surface area contributed by atoms with Gasteiger partial charge in [-0.25, -0.2) is 4.90 Å². The molecule has 3 rings (SSSR count). The van der Waals surface area contributed by atoms with Crippen LogP contribution in [-0.2, 0) is 6.42 Å². The number of nitrogens with zero attached hydrogens (tertiary/aromatic N) is 2. The summed E-state index contributed by atoms with van der Waals surface area (Å²) >= 11 is 0. The molecular formula is C22H24N2O5. The van der Waals surface area contributed by atoms with Crippen molar-refractivity contribution < 1.29 is 19.6 Å². The number of para-hydroxylation sites is 1. The molecule has 152 valence electrons. The average molecular weight is 396 g/mol. The third kappa shape index (κ3) is 3.53. The Labute approximate surface area is 169 Å². The van der Waals surface area contributed by atoms with Crippen molar-refractivity contribution >= 4 is 17.5 Å². The van der Waals surface area contributed by atoms with Gasteiger partial charge in [0.25, 0.3) is 11.8 Å². The van der Waals surface area contributed by atoms with Crippen molar-refractivity contribution in [3.63, 3.8) is 0 Å². The lowest BCUT2D eigenvalue weighted by Crippen LogP contribution is -2.32. The number of rotatable bonds is 6. The minimum absolute atomic E-state index is 0.0868. The summed E-state index contributed by atoms with van der Waals surface area (Å²) < 4.78 is 0. The lowest BCUT2D eigenvalue weighted by atomic mass is 9.92. The van der Waals surface area contributed by atoms with E-state index in [0.717, 1.165) is 11.1 Å². The molecule has 1 aliphatic rings. The van der Waals surface area contributed by atoms with Crippen LogP contribution >= 0.6 is 0 Å². The molecular weight excluding hydrogens is 372 g/mol. The number of aliphatic hydroxyl groups is 1. The normalized spacial score (nSPS) is 14.7. The Morgan fingerprint density at radius 3 is 2.03 bits per heavy atom. The number of fused-ring (bicyclic) bond motifs is 1. The van der Waals surface area contributed by atoms with Crippen molar-refractivity contribution in [2.24, 2.45) is 0 Å². The maximum Gasteiger partial charge on any atom is 0.317 e. The zero-order valence-electron chi connectivity index (χ0n) is 16.9. The molecule has 7 nitrogen and oxygen atoms in total. The molecule has 0 spiro atoms.